The molecule has 0 fully saturated rings. The molecule has 6 heteroatoms. The van der Waals surface area contributed by atoms with Crippen LogP contribution in [0.5, 0.6) is 0 Å². The molecule has 0 bridgehead atoms. The Hall–Kier alpha value is -2.47. The molecule has 0 atom stereocenters. The van der Waals surface area contributed by atoms with Gasteiger partial charge in [0.05, 0.1) is 17.4 Å². The van der Waals surface area contributed by atoms with Crippen molar-refractivity contribution in [3.05, 3.63) is 61.1 Å². The van der Waals surface area contributed by atoms with Crippen LogP contribution in [0.2, 0.25) is 0 Å². The van der Waals surface area contributed by atoms with E-state index in [-0.39, 0.29) is 4.90 Å². The van der Waals surface area contributed by atoms with E-state index in [1.54, 1.807) is 36.7 Å². The van der Waals surface area contributed by atoms with Gasteiger partial charge in [-0.15, -0.1) is 0 Å². The molecule has 100 valence electrons. The van der Waals surface area contributed by atoms with Crippen molar-refractivity contribution in [2.45, 2.75) is 4.90 Å². The van der Waals surface area contributed by atoms with E-state index in [1.807, 2.05) is 12.1 Å². The number of benzene rings is 1. The molecule has 0 aliphatic rings. The Balaban J connectivity index is 2.10. The molecule has 5 nitrogen and oxygen atoms in total. The van der Waals surface area contributed by atoms with Gasteiger partial charge in [0, 0.05) is 17.8 Å². The normalized spacial score (nSPS) is 11.4. The minimum atomic E-state index is -3.69. The number of hydrogen-bond donors (Lipinski definition) is 1. The molecular weight excluding hydrogens is 274 g/mol. The molecule has 0 radical (unpaired) electrons. The second-order valence-corrected chi connectivity index (χ2v) is 5.83. The van der Waals surface area contributed by atoms with Crippen molar-refractivity contribution in [3.8, 4) is 0 Å². The lowest BCUT2D eigenvalue weighted by Gasteiger charge is -2.09. The second-order valence-electron chi connectivity index (χ2n) is 4.18. The van der Waals surface area contributed by atoms with Crippen molar-refractivity contribution in [3.63, 3.8) is 0 Å². The summed E-state index contributed by atoms with van der Waals surface area (Å²) in [5.41, 5.74) is 0.867. The number of para-hydroxylation sites is 1. The van der Waals surface area contributed by atoms with Crippen LogP contribution in [0.1, 0.15) is 0 Å². The van der Waals surface area contributed by atoms with Gasteiger partial charge in [-0.1, -0.05) is 18.2 Å². The van der Waals surface area contributed by atoms with E-state index >= 15 is 0 Å². The SMILES string of the molecule is O=S(=O)(Nc1cccnc1)c1cccc2cccnc12. The summed E-state index contributed by atoms with van der Waals surface area (Å²) in [5, 5.41) is 0.779. The third-order valence-corrected chi connectivity index (χ3v) is 4.21. The van der Waals surface area contributed by atoms with Crippen molar-refractivity contribution >= 4 is 26.6 Å². The highest BCUT2D eigenvalue weighted by atomic mass is 32.2. The second kappa shape index (κ2) is 4.90. The maximum absolute atomic E-state index is 12.4. The van der Waals surface area contributed by atoms with Crippen molar-refractivity contribution in [1.29, 1.82) is 0 Å². The van der Waals surface area contributed by atoms with E-state index in [4.69, 9.17) is 0 Å². The summed E-state index contributed by atoms with van der Waals surface area (Å²) in [6, 6.07) is 12.0. The van der Waals surface area contributed by atoms with Crippen LogP contribution in [-0.4, -0.2) is 18.4 Å². The van der Waals surface area contributed by atoms with Crippen molar-refractivity contribution in [2.24, 2.45) is 0 Å². The molecule has 0 saturated carbocycles. The number of anilines is 1. The van der Waals surface area contributed by atoms with Crippen LogP contribution in [0.3, 0.4) is 0 Å². The Bertz CT molecular complexity index is 843. The number of hydrogen-bond acceptors (Lipinski definition) is 4. The fourth-order valence-electron chi connectivity index (χ4n) is 1.93. The first-order valence-corrected chi connectivity index (χ1v) is 7.42. The lowest BCUT2D eigenvalue weighted by atomic mass is 10.2. The topological polar surface area (TPSA) is 72.0 Å². The molecule has 20 heavy (non-hydrogen) atoms. The number of rotatable bonds is 3. The molecule has 0 saturated heterocycles. The average molecular weight is 285 g/mol. The number of pyridine rings is 2. The fraction of sp³-hybridized carbons (Fsp3) is 0. The Labute approximate surface area is 116 Å². The summed E-state index contributed by atoms with van der Waals surface area (Å²) in [5.74, 6) is 0. The molecule has 1 aromatic carbocycles. The minimum absolute atomic E-state index is 0.152. The molecule has 0 spiro atoms. The summed E-state index contributed by atoms with van der Waals surface area (Å²) in [6.45, 7) is 0. The smallest absolute Gasteiger partial charge is 0.264 e. The minimum Gasteiger partial charge on any atom is -0.278 e. The van der Waals surface area contributed by atoms with Crippen molar-refractivity contribution < 1.29 is 8.42 Å². The number of aromatic nitrogens is 2. The maximum atomic E-state index is 12.4. The number of nitrogens with one attached hydrogen (secondary N) is 1. The van der Waals surface area contributed by atoms with Gasteiger partial charge >= 0.3 is 0 Å². The van der Waals surface area contributed by atoms with Crippen LogP contribution >= 0.6 is 0 Å². The Kier molecular flexibility index (Phi) is 3.08. The molecule has 3 rings (SSSR count). The maximum Gasteiger partial charge on any atom is 0.264 e. The van der Waals surface area contributed by atoms with Crippen molar-refractivity contribution in [2.75, 3.05) is 4.72 Å². The standard InChI is InChI=1S/C14H11N3O2S/c18-20(19,17-12-6-3-8-15-10-12)13-7-1-4-11-5-2-9-16-14(11)13/h1-10,17H. The summed E-state index contributed by atoms with van der Waals surface area (Å²) < 4.78 is 27.4. The first-order valence-electron chi connectivity index (χ1n) is 5.93. The van der Waals surface area contributed by atoms with Gasteiger partial charge in [-0.3, -0.25) is 14.7 Å². The van der Waals surface area contributed by atoms with Gasteiger partial charge in [0.2, 0.25) is 0 Å². The molecular formula is C14H11N3O2S. The summed E-state index contributed by atoms with van der Waals surface area (Å²) >= 11 is 0. The van der Waals surface area contributed by atoms with Crippen LogP contribution in [0, 0.1) is 0 Å². The summed E-state index contributed by atoms with van der Waals surface area (Å²) in [4.78, 5) is 8.19. The van der Waals surface area contributed by atoms with Gasteiger partial charge in [-0.25, -0.2) is 8.42 Å². The number of fused-ring (bicyclic) bond motifs is 1. The first kappa shape index (κ1) is 12.6. The zero-order valence-electron chi connectivity index (χ0n) is 10.4. The van der Waals surface area contributed by atoms with Crippen LogP contribution in [0.4, 0.5) is 5.69 Å². The van der Waals surface area contributed by atoms with E-state index in [1.165, 1.54) is 12.3 Å². The Morgan fingerprint density at radius 1 is 0.950 bits per heavy atom. The Morgan fingerprint density at radius 3 is 2.55 bits per heavy atom. The molecule has 1 N–H and O–H groups in total. The number of nitrogens with zero attached hydrogens (tertiary/aromatic N) is 2. The fourth-order valence-corrected chi connectivity index (χ4v) is 3.15. The highest BCUT2D eigenvalue weighted by Crippen LogP contribution is 2.22. The third kappa shape index (κ3) is 2.33. The van der Waals surface area contributed by atoms with Gasteiger partial charge in [0.15, 0.2) is 0 Å². The third-order valence-electron chi connectivity index (χ3n) is 2.80. The molecule has 0 aliphatic heterocycles. The summed E-state index contributed by atoms with van der Waals surface area (Å²) in [6.07, 6.45) is 4.61. The predicted octanol–water partition coefficient (Wildman–Crippen LogP) is 2.43. The molecule has 2 heterocycles. The zero-order chi connectivity index (χ0) is 14.0. The van der Waals surface area contributed by atoms with Gasteiger partial charge in [0.1, 0.15) is 4.90 Å². The average Bonchev–Trinajstić information content (AvgIpc) is 2.47. The van der Waals surface area contributed by atoms with E-state index in [0.717, 1.165) is 5.39 Å². The first-order chi connectivity index (χ1) is 9.67. The van der Waals surface area contributed by atoms with Gasteiger partial charge in [-0.05, 0) is 24.3 Å². The molecule has 0 unspecified atom stereocenters. The van der Waals surface area contributed by atoms with Gasteiger partial charge in [-0.2, -0.15) is 0 Å². The predicted molar refractivity (Wildman–Crippen MR) is 76.8 cm³/mol. The monoisotopic (exact) mass is 285 g/mol. The molecule has 2 aromatic heterocycles. The van der Waals surface area contributed by atoms with Crippen LogP contribution in [-0.2, 0) is 10.0 Å². The van der Waals surface area contributed by atoms with Crippen LogP contribution in [0.25, 0.3) is 10.9 Å². The van der Waals surface area contributed by atoms with E-state index < -0.39 is 10.0 Å². The largest absolute Gasteiger partial charge is 0.278 e. The van der Waals surface area contributed by atoms with Crippen molar-refractivity contribution in [1.82, 2.24) is 9.97 Å². The highest BCUT2D eigenvalue weighted by Gasteiger charge is 2.18. The molecule has 0 aliphatic carbocycles. The van der Waals surface area contributed by atoms with Gasteiger partial charge in [0.25, 0.3) is 10.0 Å². The van der Waals surface area contributed by atoms with Crippen LogP contribution < -0.4 is 4.72 Å². The highest BCUT2D eigenvalue weighted by molar-refractivity contribution is 7.93. The summed E-state index contributed by atoms with van der Waals surface area (Å²) in [7, 11) is -3.69. The zero-order valence-corrected chi connectivity index (χ0v) is 11.2. The van der Waals surface area contributed by atoms with Gasteiger partial charge < -0.3 is 0 Å². The lowest BCUT2D eigenvalue weighted by molar-refractivity contribution is 0.602. The lowest BCUT2D eigenvalue weighted by Crippen LogP contribution is -2.13. The Morgan fingerprint density at radius 2 is 1.75 bits per heavy atom. The quantitative estimate of drug-likeness (QED) is 0.802. The van der Waals surface area contributed by atoms with E-state index in [0.29, 0.717) is 11.2 Å². The molecule has 3 aromatic rings. The van der Waals surface area contributed by atoms with Crippen LogP contribution in [0.15, 0.2) is 66.0 Å². The van der Waals surface area contributed by atoms with E-state index in [2.05, 4.69) is 14.7 Å². The molecule has 0 amide bonds. The number of sulfonamides is 1. The van der Waals surface area contributed by atoms with E-state index in [9.17, 15) is 8.42 Å².